The zero-order valence-electron chi connectivity index (χ0n) is 11.3. The molecule has 0 aliphatic rings. The van der Waals surface area contributed by atoms with Gasteiger partial charge in [0.15, 0.2) is 0 Å². The molecule has 0 radical (unpaired) electrons. The van der Waals surface area contributed by atoms with Gasteiger partial charge in [0.25, 0.3) is 0 Å². The molecule has 0 atom stereocenters. The van der Waals surface area contributed by atoms with E-state index in [0.717, 1.165) is 6.42 Å². The number of hydrogen-bond acceptors (Lipinski definition) is 0. The van der Waals surface area contributed by atoms with Crippen LogP contribution in [0, 0.1) is 5.41 Å². The van der Waals surface area contributed by atoms with Crippen molar-refractivity contribution < 1.29 is 0 Å². The lowest BCUT2D eigenvalue weighted by Crippen LogP contribution is -2.13. The fourth-order valence-electron chi connectivity index (χ4n) is 1.89. The summed E-state index contributed by atoms with van der Waals surface area (Å²) < 4.78 is 1.24. The van der Waals surface area contributed by atoms with Crippen LogP contribution in [0.15, 0.2) is 22.7 Å². The molecular weight excluding hydrogens is 260 g/mol. The zero-order valence-corrected chi connectivity index (χ0v) is 12.9. The highest BCUT2D eigenvalue weighted by atomic mass is 79.9. The van der Waals surface area contributed by atoms with Crippen molar-refractivity contribution in [2.75, 3.05) is 0 Å². The number of benzene rings is 1. The summed E-state index contributed by atoms with van der Waals surface area (Å²) >= 11 is 3.69. The molecular formula is C15H23Br. The zero-order chi connectivity index (χ0) is 12.6. The second kappa shape index (κ2) is 4.52. The van der Waals surface area contributed by atoms with Gasteiger partial charge in [0, 0.05) is 4.47 Å². The molecule has 1 aromatic carbocycles. The first-order valence-corrected chi connectivity index (χ1v) is 6.68. The maximum atomic E-state index is 3.69. The summed E-state index contributed by atoms with van der Waals surface area (Å²) in [5.41, 5.74) is 3.35. The standard InChI is InChI=1S/C15H23Br/c1-14(2,3)10-11-7-8-12(13(16)9-11)15(4,5)6/h7-9H,10H2,1-6H3. The number of rotatable bonds is 1. The minimum atomic E-state index is 0.207. The molecule has 16 heavy (non-hydrogen) atoms. The van der Waals surface area contributed by atoms with Crippen molar-refractivity contribution in [2.45, 2.75) is 53.4 Å². The minimum absolute atomic E-state index is 0.207. The van der Waals surface area contributed by atoms with E-state index in [9.17, 15) is 0 Å². The van der Waals surface area contributed by atoms with Crippen molar-refractivity contribution in [3.05, 3.63) is 33.8 Å². The van der Waals surface area contributed by atoms with Crippen LogP contribution in [0.3, 0.4) is 0 Å². The molecule has 90 valence electrons. The highest BCUT2D eigenvalue weighted by Crippen LogP contribution is 2.31. The maximum Gasteiger partial charge on any atom is 0.0215 e. The summed E-state index contributed by atoms with van der Waals surface area (Å²) in [6.45, 7) is 13.6. The van der Waals surface area contributed by atoms with E-state index in [4.69, 9.17) is 0 Å². The van der Waals surface area contributed by atoms with Gasteiger partial charge in [-0.3, -0.25) is 0 Å². The first-order chi connectivity index (χ1) is 7.09. The van der Waals surface area contributed by atoms with Crippen molar-refractivity contribution >= 4 is 15.9 Å². The molecule has 0 saturated heterocycles. The normalized spacial score (nSPS) is 12.9. The van der Waals surface area contributed by atoms with Crippen LogP contribution < -0.4 is 0 Å². The molecule has 0 aromatic heterocycles. The van der Waals surface area contributed by atoms with Crippen LogP contribution >= 0.6 is 15.9 Å². The summed E-state index contributed by atoms with van der Waals surface area (Å²) in [5, 5.41) is 0. The van der Waals surface area contributed by atoms with Crippen molar-refractivity contribution in [1.29, 1.82) is 0 Å². The van der Waals surface area contributed by atoms with Crippen LogP contribution in [0.1, 0.15) is 52.7 Å². The monoisotopic (exact) mass is 282 g/mol. The summed E-state index contributed by atoms with van der Waals surface area (Å²) in [6, 6.07) is 6.79. The first kappa shape index (κ1) is 13.8. The van der Waals surface area contributed by atoms with Crippen LogP contribution in [0.5, 0.6) is 0 Å². The fraction of sp³-hybridized carbons (Fsp3) is 0.600. The lowest BCUT2D eigenvalue weighted by Gasteiger charge is -2.23. The average molecular weight is 283 g/mol. The highest BCUT2D eigenvalue weighted by Gasteiger charge is 2.18. The van der Waals surface area contributed by atoms with Crippen molar-refractivity contribution in [3.63, 3.8) is 0 Å². The third-order valence-corrected chi connectivity index (χ3v) is 3.23. The van der Waals surface area contributed by atoms with Crippen molar-refractivity contribution in [3.8, 4) is 0 Å². The summed E-state index contributed by atoms with van der Waals surface area (Å²) in [5.74, 6) is 0. The Morgan fingerprint density at radius 1 is 1.00 bits per heavy atom. The Morgan fingerprint density at radius 2 is 1.56 bits per heavy atom. The molecule has 0 spiro atoms. The topological polar surface area (TPSA) is 0 Å². The second-order valence-electron chi connectivity index (χ2n) is 6.80. The lowest BCUT2D eigenvalue weighted by atomic mass is 9.84. The Bertz CT molecular complexity index is 364. The molecule has 1 heteroatoms. The minimum Gasteiger partial charge on any atom is -0.0599 e. The van der Waals surface area contributed by atoms with E-state index in [1.165, 1.54) is 15.6 Å². The lowest BCUT2D eigenvalue weighted by molar-refractivity contribution is 0.411. The third kappa shape index (κ3) is 3.93. The van der Waals surface area contributed by atoms with Crippen LogP contribution in [-0.4, -0.2) is 0 Å². The first-order valence-electron chi connectivity index (χ1n) is 5.88. The highest BCUT2D eigenvalue weighted by molar-refractivity contribution is 9.10. The van der Waals surface area contributed by atoms with Gasteiger partial charge in [-0.25, -0.2) is 0 Å². The number of halogens is 1. The summed E-state index contributed by atoms with van der Waals surface area (Å²) in [6.07, 6.45) is 1.12. The van der Waals surface area contributed by atoms with E-state index in [-0.39, 0.29) is 5.41 Å². The molecule has 0 aliphatic carbocycles. The molecule has 1 aromatic rings. The average Bonchev–Trinajstić information content (AvgIpc) is 1.97. The number of hydrogen-bond donors (Lipinski definition) is 0. The molecule has 0 N–H and O–H groups in total. The Balaban J connectivity index is 3.01. The Labute approximate surface area is 109 Å². The smallest absolute Gasteiger partial charge is 0.0215 e. The SMILES string of the molecule is CC(C)(C)Cc1ccc(C(C)(C)C)c(Br)c1. The van der Waals surface area contributed by atoms with E-state index in [0.29, 0.717) is 5.41 Å². The largest absolute Gasteiger partial charge is 0.0599 e. The van der Waals surface area contributed by atoms with E-state index in [2.05, 4.69) is 75.7 Å². The van der Waals surface area contributed by atoms with Gasteiger partial charge in [-0.15, -0.1) is 0 Å². The van der Waals surface area contributed by atoms with Crippen molar-refractivity contribution in [2.24, 2.45) is 5.41 Å². The Hall–Kier alpha value is -0.300. The molecule has 0 unspecified atom stereocenters. The molecule has 0 fully saturated rings. The fourth-order valence-corrected chi connectivity index (χ4v) is 2.91. The maximum absolute atomic E-state index is 3.69. The van der Waals surface area contributed by atoms with Crippen LogP contribution in [0.25, 0.3) is 0 Å². The predicted molar refractivity (Wildman–Crippen MR) is 76.0 cm³/mol. The van der Waals surface area contributed by atoms with Gasteiger partial charge in [-0.2, -0.15) is 0 Å². The van der Waals surface area contributed by atoms with Gasteiger partial charge in [-0.05, 0) is 34.4 Å². The molecule has 0 nitrogen and oxygen atoms in total. The van der Waals surface area contributed by atoms with Gasteiger partial charge in [0.05, 0.1) is 0 Å². The van der Waals surface area contributed by atoms with E-state index < -0.39 is 0 Å². The molecule has 0 heterocycles. The third-order valence-electron chi connectivity index (χ3n) is 2.58. The van der Waals surface area contributed by atoms with Gasteiger partial charge >= 0.3 is 0 Å². The molecule has 0 saturated carbocycles. The Kier molecular flexibility index (Phi) is 3.89. The molecule has 0 amide bonds. The second-order valence-corrected chi connectivity index (χ2v) is 7.66. The quantitative estimate of drug-likeness (QED) is 0.653. The van der Waals surface area contributed by atoms with E-state index in [1.54, 1.807) is 0 Å². The predicted octanol–water partition coefficient (Wildman–Crippen LogP) is 5.34. The summed E-state index contributed by atoms with van der Waals surface area (Å²) in [4.78, 5) is 0. The van der Waals surface area contributed by atoms with Crippen LogP contribution in [-0.2, 0) is 11.8 Å². The van der Waals surface area contributed by atoms with Crippen LogP contribution in [0.4, 0.5) is 0 Å². The van der Waals surface area contributed by atoms with E-state index in [1.807, 2.05) is 0 Å². The summed E-state index contributed by atoms with van der Waals surface area (Å²) in [7, 11) is 0. The van der Waals surface area contributed by atoms with Gasteiger partial charge in [0.1, 0.15) is 0 Å². The van der Waals surface area contributed by atoms with E-state index >= 15 is 0 Å². The van der Waals surface area contributed by atoms with Gasteiger partial charge in [-0.1, -0.05) is 69.6 Å². The van der Waals surface area contributed by atoms with Gasteiger partial charge in [0.2, 0.25) is 0 Å². The Morgan fingerprint density at radius 3 is 1.94 bits per heavy atom. The molecule has 0 bridgehead atoms. The van der Waals surface area contributed by atoms with Crippen LogP contribution in [0.2, 0.25) is 0 Å². The van der Waals surface area contributed by atoms with Gasteiger partial charge < -0.3 is 0 Å². The van der Waals surface area contributed by atoms with Crippen molar-refractivity contribution in [1.82, 2.24) is 0 Å². The molecule has 1 rings (SSSR count). The molecule has 0 aliphatic heterocycles.